The van der Waals surface area contributed by atoms with Crippen LogP contribution in [0.4, 0.5) is 5.69 Å². The summed E-state index contributed by atoms with van der Waals surface area (Å²) >= 11 is 6.19. The molecule has 0 atom stereocenters. The lowest BCUT2D eigenvalue weighted by Gasteiger charge is -2.31. The first-order valence-electron chi connectivity index (χ1n) is 9.44. The predicted molar refractivity (Wildman–Crippen MR) is 118 cm³/mol. The molecule has 1 N–H and O–H groups in total. The van der Waals surface area contributed by atoms with Gasteiger partial charge >= 0.3 is 0 Å². The van der Waals surface area contributed by atoms with Crippen LogP contribution in [0, 0.1) is 0 Å². The summed E-state index contributed by atoms with van der Waals surface area (Å²) in [4.78, 5) is 14.7. The van der Waals surface area contributed by atoms with E-state index in [0.29, 0.717) is 44.2 Å². The smallest absolute Gasteiger partial charge is 0.255 e. The van der Waals surface area contributed by atoms with E-state index >= 15 is 0 Å². The van der Waals surface area contributed by atoms with Crippen LogP contribution in [0.15, 0.2) is 60.0 Å². The van der Waals surface area contributed by atoms with E-state index in [1.807, 2.05) is 7.05 Å². The second kappa shape index (κ2) is 9.61. The predicted octanol–water partition coefficient (Wildman–Crippen LogP) is 3.09. The third-order valence-electron chi connectivity index (χ3n) is 4.73. The first kappa shape index (κ1) is 22.3. The number of carbonyl (C=O) groups excluding carboxylic acids is 1. The fraction of sp³-hybridized carbons (Fsp3) is 0.286. The molecule has 2 aromatic carbocycles. The molecule has 1 saturated heterocycles. The number of likely N-dealkylation sites (N-methyl/N-ethyl adjacent to an activating group) is 1. The average Bonchev–Trinajstić information content (AvgIpc) is 2.73. The van der Waals surface area contributed by atoms with Gasteiger partial charge in [0.15, 0.2) is 0 Å². The summed E-state index contributed by atoms with van der Waals surface area (Å²) in [5, 5.41) is 2.84. The van der Waals surface area contributed by atoms with Gasteiger partial charge in [-0.15, -0.1) is 0 Å². The summed E-state index contributed by atoms with van der Waals surface area (Å²) in [5.74, 6) is 0.143. The van der Waals surface area contributed by atoms with Gasteiger partial charge in [0.05, 0.1) is 5.02 Å². The van der Waals surface area contributed by atoms with Crippen LogP contribution in [0.3, 0.4) is 0 Å². The molecule has 1 fully saturated rings. The molecule has 0 spiro atoms. The van der Waals surface area contributed by atoms with Gasteiger partial charge in [0.2, 0.25) is 10.0 Å². The van der Waals surface area contributed by atoms with Gasteiger partial charge < -0.3 is 15.0 Å². The van der Waals surface area contributed by atoms with E-state index in [4.69, 9.17) is 16.3 Å². The highest BCUT2D eigenvalue weighted by Gasteiger charge is 2.30. The first-order chi connectivity index (χ1) is 14.3. The monoisotopic (exact) mass is 449 g/mol. The van der Waals surface area contributed by atoms with Gasteiger partial charge in [-0.05, 0) is 37.4 Å². The van der Waals surface area contributed by atoms with Crippen molar-refractivity contribution in [2.45, 2.75) is 4.90 Å². The number of hydrogen-bond donors (Lipinski definition) is 1. The van der Waals surface area contributed by atoms with Crippen molar-refractivity contribution in [1.29, 1.82) is 0 Å². The normalized spacial score (nSPS) is 15.5. The van der Waals surface area contributed by atoms with Crippen molar-refractivity contribution >= 4 is 33.2 Å². The molecule has 30 heavy (non-hydrogen) atoms. The molecular weight excluding hydrogens is 426 g/mol. The molecule has 0 unspecified atom stereocenters. The Morgan fingerprint density at radius 2 is 1.93 bits per heavy atom. The van der Waals surface area contributed by atoms with Crippen LogP contribution in [0.1, 0.15) is 10.4 Å². The molecular formula is C21H24ClN3O4S. The quantitative estimate of drug-likeness (QED) is 0.657. The lowest BCUT2D eigenvalue weighted by Crippen LogP contribution is -2.47. The summed E-state index contributed by atoms with van der Waals surface area (Å²) in [7, 11) is -1.85. The molecule has 160 valence electrons. The second-order valence-electron chi connectivity index (χ2n) is 6.93. The van der Waals surface area contributed by atoms with Crippen molar-refractivity contribution in [2.24, 2.45) is 0 Å². The van der Waals surface area contributed by atoms with Crippen LogP contribution in [-0.2, 0) is 10.0 Å². The molecule has 2 aromatic rings. The minimum atomic E-state index is -3.80. The lowest BCUT2D eigenvalue weighted by molar-refractivity contribution is 0.102. The molecule has 7 nitrogen and oxygen atoms in total. The molecule has 0 radical (unpaired) electrons. The summed E-state index contributed by atoms with van der Waals surface area (Å²) in [6.45, 7) is 5.98. The molecule has 3 rings (SSSR count). The number of anilines is 1. The lowest BCUT2D eigenvalue weighted by atomic mass is 10.2. The third kappa shape index (κ3) is 5.20. The maximum atomic E-state index is 13.1. The van der Waals surface area contributed by atoms with Crippen LogP contribution < -0.4 is 10.1 Å². The van der Waals surface area contributed by atoms with Crippen molar-refractivity contribution < 1.29 is 17.9 Å². The highest BCUT2D eigenvalue weighted by Crippen LogP contribution is 2.27. The van der Waals surface area contributed by atoms with Crippen LogP contribution >= 0.6 is 11.6 Å². The molecule has 1 aliphatic heterocycles. The van der Waals surface area contributed by atoms with E-state index in [2.05, 4.69) is 16.8 Å². The Morgan fingerprint density at radius 1 is 1.20 bits per heavy atom. The van der Waals surface area contributed by atoms with Crippen LogP contribution in [-0.4, -0.2) is 63.4 Å². The van der Waals surface area contributed by atoms with Gasteiger partial charge in [0.25, 0.3) is 5.91 Å². The molecule has 1 heterocycles. The van der Waals surface area contributed by atoms with Crippen LogP contribution in [0.25, 0.3) is 0 Å². The van der Waals surface area contributed by atoms with E-state index in [1.165, 1.54) is 22.5 Å². The number of rotatable bonds is 7. The third-order valence-corrected chi connectivity index (χ3v) is 7.11. The molecule has 9 heteroatoms. The fourth-order valence-electron chi connectivity index (χ4n) is 3.03. The van der Waals surface area contributed by atoms with Gasteiger partial charge in [-0.25, -0.2) is 8.42 Å². The van der Waals surface area contributed by atoms with Gasteiger partial charge in [0, 0.05) is 43.5 Å². The summed E-state index contributed by atoms with van der Waals surface area (Å²) < 4.78 is 33.0. The van der Waals surface area contributed by atoms with Crippen molar-refractivity contribution in [2.75, 3.05) is 45.2 Å². The molecule has 0 saturated carbocycles. The van der Waals surface area contributed by atoms with Crippen LogP contribution in [0.2, 0.25) is 5.02 Å². The molecule has 0 aromatic heterocycles. The van der Waals surface area contributed by atoms with Gasteiger partial charge in [-0.3, -0.25) is 4.79 Å². The number of halogens is 1. The summed E-state index contributed by atoms with van der Waals surface area (Å²) in [5.41, 5.74) is 0.726. The zero-order valence-corrected chi connectivity index (χ0v) is 18.2. The van der Waals surface area contributed by atoms with E-state index in [1.54, 1.807) is 30.3 Å². The summed E-state index contributed by atoms with van der Waals surface area (Å²) in [6, 6.07) is 11.2. The number of ether oxygens (including phenoxy) is 1. The van der Waals surface area contributed by atoms with Crippen molar-refractivity contribution in [3.8, 4) is 5.75 Å². The minimum absolute atomic E-state index is 0.0653. The zero-order valence-electron chi connectivity index (χ0n) is 16.7. The van der Waals surface area contributed by atoms with Gasteiger partial charge in [0.1, 0.15) is 17.3 Å². The highest BCUT2D eigenvalue weighted by molar-refractivity contribution is 7.89. The Kier molecular flexibility index (Phi) is 7.14. The largest absolute Gasteiger partial charge is 0.489 e. The number of sulfonamides is 1. The molecule has 0 bridgehead atoms. The van der Waals surface area contributed by atoms with Crippen molar-refractivity contribution in [3.63, 3.8) is 0 Å². The Labute approximate surface area is 181 Å². The number of hydrogen-bond acceptors (Lipinski definition) is 5. The SMILES string of the molecule is C=CCOc1cccc(NC(=O)c2ccc(Cl)c(S(=O)(=O)N3CCN(C)CC3)c2)c1. The molecule has 0 aliphatic carbocycles. The Bertz CT molecular complexity index is 1030. The van der Waals surface area contributed by atoms with E-state index in [-0.39, 0.29) is 15.5 Å². The number of amides is 1. The van der Waals surface area contributed by atoms with Crippen molar-refractivity contribution in [3.05, 3.63) is 65.7 Å². The number of benzene rings is 2. The number of piperazine rings is 1. The first-order valence-corrected chi connectivity index (χ1v) is 11.3. The Morgan fingerprint density at radius 3 is 2.63 bits per heavy atom. The Hall–Kier alpha value is -2.39. The fourth-order valence-corrected chi connectivity index (χ4v) is 4.95. The minimum Gasteiger partial charge on any atom is -0.489 e. The van der Waals surface area contributed by atoms with E-state index < -0.39 is 15.9 Å². The maximum absolute atomic E-state index is 13.1. The highest BCUT2D eigenvalue weighted by atomic mass is 35.5. The average molecular weight is 450 g/mol. The molecule has 1 aliphatic rings. The number of nitrogens with zero attached hydrogens (tertiary/aromatic N) is 2. The molecule has 1 amide bonds. The standard InChI is InChI=1S/C21H24ClN3O4S/c1-3-13-29-18-6-4-5-17(15-18)23-21(26)16-7-8-19(22)20(14-16)30(27,28)25-11-9-24(2)10-12-25/h3-8,14-15H,1,9-13H2,2H3,(H,23,26). The maximum Gasteiger partial charge on any atom is 0.255 e. The summed E-state index contributed by atoms with van der Waals surface area (Å²) in [6.07, 6.45) is 1.63. The van der Waals surface area contributed by atoms with E-state index in [9.17, 15) is 13.2 Å². The Balaban J connectivity index is 1.81. The van der Waals surface area contributed by atoms with Crippen LogP contribution in [0.5, 0.6) is 5.75 Å². The van der Waals surface area contributed by atoms with E-state index in [0.717, 1.165) is 0 Å². The number of carbonyl (C=O) groups is 1. The zero-order chi connectivity index (χ0) is 21.7. The van der Waals surface area contributed by atoms with Gasteiger partial charge in [-0.2, -0.15) is 4.31 Å². The van der Waals surface area contributed by atoms with Gasteiger partial charge in [-0.1, -0.05) is 30.3 Å². The topological polar surface area (TPSA) is 78.9 Å². The number of nitrogens with one attached hydrogen (secondary N) is 1. The second-order valence-corrected chi connectivity index (χ2v) is 9.25. The van der Waals surface area contributed by atoms with Crippen molar-refractivity contribution in [1.82, 2.24) is 9.21 Å².